The fraction of sp³-hybridized carbons (Fsp3) is 0.882. The third-order valence-corrected chi connectivity index (χ3v) is 5.72. The number of rotatable bonds is 2. The highest BCUT2D eigenvalue weighted by molar-refractivity contribution is 5.76. The van der Waals surface area contributed by atoms with Gasteiger partial charge in [-0.05, 0) is 58.3 Å². The Morgan fingerprint density at radius 1 is 1.33 bits per heavy atom. The van der Waals surface area contributed by atoms with Crippen LogP contribution in [0.25, 0.3) is 0 Å². The zero-order valence-electron chi connectivity index (χ0n) is 13.8. The monoisotopic (exact) mass is 296 g/mol. The lowest BCUT2D eigenvalue weighted by molar-refractivity contribution is -0.150. The topological polar surface area (TPSA) is 52.6 Å². The zero-order valence-corrected chi connectivity index (χ0v) is 13.8. The third-order valence-electron chi connectivity index (χ3n) is 5.72. The summed E-state index contributed by atoms with van der Waals surface area (Å²) < 4.78 is 9.84. The molecule has 21 heavy (non-hydrogen) atoms. The van der Waals surface area contributed by atoms with Crippen molar-refractivity contribution in [3.05, 3.63) is 0 Å². The molecule has 0 aromatic heterocycles. The molecule has 3 rings (SSSR count). The van der Waals surface area contributed by atoms with Gasteiger partial charge >= 0.3 is 11.9 Å². The van der Waals surface area contributed by atoms with E-state index in [4.69, 9.17) is 4.74 Å². The molecule has 0 spiro atoms. The van der Waals surface area contributed by atoms with Crippen LogP contribution in [-0.4, -0.2) is 25.2 Å². The van der Waals surface area contributed by atoms with Crippen LogP contribution in [-0.2, 0) is 19.1 Å². The van der Waals surface area contributed by atoms with Gasteiger partial charge in [-0.25, -0.2) is 0 Å². The lowest BCUT2D eigenvalue weighted by Gasteiger charge is -2.22. The number of cyclic esters (lactones) is 1. The van der Waals surface area contributed by atoms with Crippen molar-refractivity contribution in [1.29, 1.82) is 0 Å². The zero-order chi connectivity index (χ0) is 15.8. The Labute approximate surface area is 127 Å². The minimum atomic E-state index is -0.311. The smallest absolute Gasteiger partial charge is 0.311 e. The van der Waals surface area contributed by atoms with E-state index in [1.165, 1.54) is 26.4 Å². The number of hydrogen-bond acceptors (Lipinski definition) is 4. The third kappa shape index (κ3) is 2.95. The van der Waals surface area contributed by atoms with Gasteiger partial charge in [-0.15, -0.1) is 0 Å². The molecule has 1 saturated heterocycles. The summed E-state index contributed by atoms with van der Waals surface area (Å²) in [6, 6.07) is 0. The minimum absolute atomic E-state index is 0.0969. The van der Waals surface area contributed by atoms with Crippen LogP contribution in [0.5, 0.6) is 0 Å². The van der Waals surface area contributed by atoms with Crippen LogP contribution in [0, 0.1) is 29.1 Å². The first-order valence-corrected chi connectivity index (χ1v) is 8.10. The van der Waals surface area contributed by atoms with Crippen molar-refractivity contribution < 1.29 is 19.1 Å². The summed E-state index contributed by atoms with van der Waals surface area (Å²) in [6.45, 7) is 7.78. The van der Waals surface area contributed by atoms with Gasteiger partial charge in [-0.1, -0.05) is 6.92 Å². The molecule has 2 aliphatic carbocycles. The Balaban J connectivity index is 0.000000163. The predicted octanol–water partition coefficient (Wildman–Crippen LogP) is 3.19. The van der Waals surface area contributed by atoms with Gasteiger partial charge in [-0.2, -0.15) is 0 Å². The quantitative estimate of drug-likeness (QED) is 0.734. The number of esters is 2. The highest BCUT2D eigenvalue weighted by Gasteiger charge is 2.57. The molecule has 3 aliphatic rings. The van der Waals surface area contributed by atoms with E-state index in [1.54, 1.807) is 0 Å². The van der Waals surface area contributed by atoms with E-state index in [1.807, 2.05) is 20.8 Å². The van der Waals surface area contributed by atoms with E-state index >= 15 is 0 Å². The average Bonchev–Trinajstić information content (AvgIpc) is 3.13. The molecule has 3 fully saturated rings. The Morgan fingerprint density at radius 3 is 2.43 bits per heavy atom. The Kier molecular flexibility index (Phi) is 4.64. The second kappa shape index (κ2) is 5.98. The lowest BCUT2D eigenvalue weighted by Crippen LogP contribution is -2.25. The van der Waals surface area contributed by atoms with E-state index in [9.17, 15) is 9.59 Å². The molecule has 2 saturated carbocycles. The second-order valence-corrected chi connectivity index (χ2v) is 7.31. The molecule has 0 aromatic rings. The summed E-state index contributed by atoms with van der Waals surface area (Å²) in [7, 11) is 1.42. The molecule has 4 heteroatoms. The average molecular weight is 296 g/mol. The minimum Gasteiger partial charge on any atom is -0.469 e. The first-order valence-electron chi connectivity index (χ1n) is 8.10. The van der Waals surface area contributed by atoms with Gasteiger partial charge in [0.25, 0.3) is 0 Å². The van der Waals surface area contributed by atoms with Crippen molar-refractivity contribution in [2.45, 2.75) is 59.5 Å². The van der Waals surface area contributed by atoms with E-state index in [-0.39, 0.29) is 23.5 Å². The van der Waals surface area contributed by atoms with Gasteiger partial charge in [0.2, 0.25) is 0 Å². The summed E-state index contributed by atoms with van der Waals surface area (Å²) in [5.41, 5.74) is -0.311. The number of methoxy groups -OCH3 is 1. The van der Waals surface area contributed by atoms with Crippen LogP contribution < -0.4 is 0 Å². The maximum atomic E-state index is 11.4. The second-order valence-electron chi connectivity index (χ2n) is 7.31. The van der Waals surface area contributed by atoms with Crippen LogP contribution in [0.3, 0.4) is 0 Å². The van der Waals surface area contributed by atoms with Crippen molar-refractivity contribution in [1.82, 2.24) is 0 Å². The van der Waals surface area contributed by atoms with Crippen molar-refractivity contribution in [3.8, 4) is 0 Å². The lowest BCUT2D eigenvalue weighted by atomic mass is 9.79. The van der Waals surface area contributed by atoms with Gasteiger partial charge in [0.1, 0.15) is 6.10 Å². The molecular formula is C17H28O4. The molecular weight excluding hydrogens is 268 g/mol. The van der Waals surface area contributed by atoms with Gasteiger partial charge in [-0.3, -0.25) is 9.59 Å². The van der Waals surface area contributed by atoms with Crippen molar-refractivity contribution in [2.75, 3.05) is 7.11 Å². The van der Waals surface area contributed by atoms with Crippen LogP contribution in [0.1, 0.15) is 53.4 Å². The molecule has 1 aliphatic heterocycles. The fourth-order valence-electron chi connectivity index (χ4n) is 4.12. The van der Waals surface area contributed by atoms with Crippen LogP contribution in [0.2, 0.25) is 0 Å². The Morgan fingerprint density at radius 2 is 1.95 bits per heavy atom. The SMILES string of the molecule is CC1OC(=O)C2C3CCC(C3)C12.CCC(C)(C)C(=O)OC. The first-order chi connectivity index (χ1) is 9.81. The van der Waals surface area contributed by atoms with Gasteiger partial charge in [0.05, 0.1) is 18.4 Å². The first kappa shape index (κ1) is 16.3. The Bertz CT molecular complexity index is 415. The van der Waals surface area contributed by atoms with E-state index in [0.717, 1.165) is 12.3 Å². The number of hydrogen-bond donors (Lipinski definition) is 0. The molecule has 5 unspecified atom stereocenters. The van der Waals surface area contributed by atoms with E-state index in [0.29, 0.717) is 17.8 Å². The molecule has 0 aromatic carbocycles. The van der Waals surface area contributed by atoms with Crippen molar-refractivity contribution in [3.63, 3.8) is 0 Å². The maximum absolute atomic E-state index is 11.4. The number of carbonyl (C=O) groups excluding carboxylic acids is 2. The summed E-state index contributed by atoms with van der Waals surface area (Å²) in [5, 5.41) is 0. The van der Waals surface area contributed by atoms with E-state index in [2.05, 4.69) is 11.7 Å². The molecule has 1 heterocycles. The standard InChI is InChI=1S/C10H14O2.C7H14O2/c1-5-8-6-2-3-7(4-6)9(8)10(11)12-5;1-5-7(2,3)6(8)9-4/h5-9H,2-4H2,1H3;5H2,1-4H3. The molecule has 0 amide bonds. The number of ether oxygens (including phenoxy) is 2. The van der Waals surface area contributed by atoms with Crippen LogP contribution in [0.4, 0.5) is 0 Å². The van der Waals surface area contributed by atoms with Gasteiger partial charge in [0.15, 0.2) is 0 Å². The molecule has 5 atom stereocenters. The van der Waals surface area contributed by atoms with E-state index < -0.39 is 0 Å². The van der Waals surface area contributed by atoms with Crippen LogP contribution >= 0.6 is 0 Å². The van der Waals surface area contributed by atoms with Crippen molar-refractivity contribution >= 4 is 11.9 Å². The summed E-state index contributed by atoms with van der Waals surface area (Å²) in [4.78, 5) is 22.3. The number of carbonyl (C=O) groups is 2. The predicted molar refractivity (Wildman–Crippen MR) is 79.5 cm³/mol. The maximum Gasteiger partial charge on any atom is 0.311 e. The molecule has 2 bridgehead atoms. The normalized spacial score (nSPS) is 36.6. The van der Waals surface area contributed by atoms with Gasteiger partial charge < -0.3 is 9.47 Å². The van der Waals surface area contributed by atoms with Gasteiger partial charge in [0, 0.05) is 5.92 Å². The Hall–Kier alpha value is -1.06. The summed E-state index contributed by atoms with van der Waals surface area (Å²) in [6.07, 6.45) is 4.94. The van der Waals surface area contributed by atoms with Crippen LogP contribution in [0.15, 0.2) is 0 Å². The summed E-state index contributed by atoms with van der Waals surface area (Å²) >= 11 is 0. The highest BCUT2D eigenvalue weighted by Crippen LogP contribution is 2.56. The summed E-state index contributed by atoms with van der Waals surface area (Å²) in [5.74, 6) is 2.32. The molecule has 4 nitrogen and oxygen atoms in total. The number of fused-ring (bicyclic) bond motifs is 5. The molecule has 0 radical (unpaired) electrons. The molecule has 0 N–H and O–H groups in total. The molecule has 120 valence electrons. The highest BCUT2D eigenvalue weighted by atomic mass is 16.6. The largest absolute Gasteiger partial charge is 0.469 e. The fourth-order valence-corrected chi connectivity index (χ4v) is 4.12. The van der Waals surface area contributed by atoms with Crippen molar-refractivity contribution in [2.24, 2.45) is 29.1 Å².